The molecule has 0 spiro atoms. The Balaban J connectivity index is 1.99. The molecule has 3 aromatic rings. The van der Waals surface area contributed by atoms with Gasteiger partial charge in [0, 0.05) is 21.5 Å². The van der Waals surface area contributed by atoms with Gasteiger partial charge in [-0.2, -0.15) is 0 Å². The second kappa shape index (κ2) is 6.44. The molecule has 0 aliphatic heterocycles. The third kappa shape index (κ3) is 3.44. The number of aromatic nitrogens is 1. The molecule has 3 rings (SSSR count). The number of hydrogen-bond donors (Lipinski definition) is 1. The maximum absolute atomic E-state index is 12.2. The molecule has 2 aromatic heterocycles. The molecule has 3 nitrogen and oxygen atoms in total. The van der Waals surface area contributed by atoms with Crippen LogP contribution in [0.4, 0.5) is 0 Å². The van der Waals surface area contributed by atoms with Crippen molar-refractivity contribution in [2.75, 3.05) is 0 Å². The van der Waals surface area contributed by atoms with Crippen molar-refractivity contribution >= 4 is 52.2 Å². The van der Waals surface area contributed by atoms with E-state index in [0.29, 0.717) is 19.8 Å². The third-order valence-corrected chi connectivity index (χ3v) is 4.89. The number of ketones is 1. The van der Waals surface area contributed by atoms with Crippen LogP contribution in [-0.2, 0) is 0 Å². The van der Waals surface area contributed by atoms with Gasteiger partial charge in [0.1, 0.15) is 0 Å². The Kier molecular flexibility index (Phi) is 4.38. The van der Waals surface area contributed by atoms with Gasteiger partial charge in [0.15, 0.2) is 5.78 Å². The van der Waals surface area contributed by atoms with Crippen LogP contribution in [-0.4, -0.2) is 10.8 Å². The van der Waals surface area contributed by atoms with Crippen LogP contribution in [0.25, 0.3) is 12.2 Å². The number of nitrogens with one attached hydrogen (secondary N) is 1. The van der Waals surface area contributed by atoms with Crippen molar-refractivity contribution in [3.63, 3.8) is 0 Å². The number of halogens is 1. The van der Waals surface area contributed by atoms with Gasteiger partial charge in [-0.25, -0.2) is 0 Å². The summed E-state index contributed by atoms with van der Waals surface area (Å²) in [7, 11) is 0. The molecule has 0 saturated heterocycles. The van der Waals surface area contributed by atoms with Crippen LogP contribution in [0.1, 0.15) is 15.2 Å². The van der Waals surface area contributed by atoms with E-state index < -0.39 is 0 Å². The van der Waals surface area contributed by atoms with Crippen LogP contribution in [0, 0.1) is 0 Å². The second-order valence-electron chi connectivity index (χ2n) is 4.46. The van der Waals surface area contributed by atoms with E-state index in [1.165, 1.54) is 17.4 Å². The number of carbonyl (C=O) groups is 1. The Bertz CT molecular complexity index is 984. The van der Waals surface area contributed by atoms with E-state index in [4.69, 9.17) is 11.6 Å². The Labute approximate surface area is 138 Å². The summed E-state index contributed by atoms with van der Waals surface area (Å²) >= 11 is 8.69. The van der Waals surface area contributed by atoms with E-state index in [1.807, 2.05) is 23.6 Å². The first-order valence-corrected chi connectivity index (χ1v) is 8.45. The first kappa shape index (κ1) is 15.0. The zero-order valence-corrected chi connectivity index (χ0v) is 13.6. The van der Waals surface area contributed by atoms with Crippen molar-refractivity contribution in [1.29, 1.82) is 0 Å². The summed E-state index contributed by atoms with van der Waals surface area (Å²) in [5.41, 5.74) is 0.300. The van der Waals surface area contributed by atoms with E-state index in [0.717, 1.165) is 4.88 Å². The van der Waals surface area contributed by atoms with Crippen molar-refractivity contribution in [3.05, 3.63) is 76.8 Å². The van der Waals surface area contributed by atoms with Crippen molar-refractivity contribution in [1.82, 2.24) is 4.98 Å². The maximum Gasteiger partial charge on any atom is 0.266 e. The fraction of sp³-hybridized carbons (Fsp3) is 0. The summed E-state index contributed by atoms with van der Waals surface area (Å²) in [5, 5.41) is 2.45. The molecule has 2 heterocycles. The molecule has 0 bridgehead atoms. The SMILES string of the molecule is O=C(/C=c1\[nH]c(=O)/c(=C\c2cccs2)s1)c1cccc(Cl)c1. The number of rotatable bonds is 3. The van der Waals surface area contributed by atoms with E-state index >= 15 is 0 Å². The summed E-state index contributed by atoms with van der Waals surface area (Å²) in [6, 6.07) is 10.6. The molecule has 6 heteroatoms. The highest BCUT2D eigenvalue weighted by Gasteiger charge is 2.04. The van der Waals surface area contributed by atoms with Crippen LogP contribution in [0.3, 0.4) is 0 Å². The first-order chi connectivity index (χ1) is 10.6. The number of Topliss-reactive ketones (excluding diaryl/α,β-unsaturated/α-hetero) is 1. The van der Waals surface area contributed by atoms with E-state index in [2.05, 4.69) is 4.98 Å². The van der Waals surface area contributed by atoms with Gasteiger partial charge in [-0.15, -0.1) is 22.7 Å². The molecule has 0 unspecified atom stereocenters. The fourth-order valence-corrected chi connectivity index (χ4v) is 3.67. The molecule has 0 radical (unpaired) electrons. The highest BCUT2D eigenvalue weighted by atomic mass is 35.5. The van der Waals surface area contributed by atoms with E-state index in [1.54, 1.807) is 35.6 Å². The molecule has 0 atom stereocenters. The van der Waals surface area contributed by atoms with Gasteiger partial charge < -0.3 is 4.98 Å². The molecule has 0 saturated carbocycles. The predicted molar refractivity (Wildman–Crippen MR) is 92.3 cm³/mol. The fourth-order valence-electron chi connectivity index (χ4n) is 1.87. The van der Waals surface area contributed by atoms with Crippen LogP contribution >= 0.6 is 34.3 Å². The van der Waals surface area contributed by atoms with Crippen LogP contribution < -0.4 is 14.8 Å². The number of carbonyl (C=O) groups excluding carboxylic acids is 1. The molecule has 110 valence electrons. The highest BCUT2D eigenvalue weighted by Crippen LogP contribution is 2.11. The number of thiazole rings is 1. The Morgan fingerprint density at radius 2 is 2.09 bits per heavy atom. The van der Waals surface area contributed by atoms with Crippen LogP contribution in [0.15, 0.2) is 46.6 Å². The van der Waals surface area contributed by atoms with Crippen molar-refractivity contribution < 1.29 is 4.79 Å². The Hall–Kier alpha value is -1.95. The van der Waals surface area contributed by atoms with Gasteiger partial charge in [0.05, 0.1) is 9.20 Å². The topological polar surface area (TPSA) is 49.9 Å². The molecule has 1 N–H and O–H groups in total. The Morgan fingerprint density at radius 1 is 1.23 bits per heavy atom. The lowest BCUT2D eigenvalue weighted by molar-refractivity contribution is 0.106. The summed E-state index contributed by atoms with van der Waals surface area (Å²) < 4.78 is 1.10. The third-order valence-electron chi connectivity index (χ3n) is 2.87. The number of hydrogen-bond acceptors (Lipinski definition) is 4. The van der Waals surface area contributed by atoms with Crippen molar-refractivity contribution in [3.8, 4) is 0 Å². The maximum atomic E-state index is 12.2. The zero-order chi connectivity index (χ0) is 15.5. The van der Waals surface area contributed by atoms with Crippen molar-refractivity contribution in [2.24, 2.45) is 0 Å². The number of aromatic amines is 1. The van der Waals surface area contributed by atoms with Crippen LogP contribution in [0.2, 0.25) is 5.02 Å². The lowest BCUT2D eigenvalue weighted by Gasteiger charge is -1.94. The number of H-pyrrole nitrogens is 1. The Morgan fingerprint density at radius 3 is 2.82 bits per heavy atom. The number of thiophene rings is 1. The highest BCUT2D eigenvalue weighted by molar-refractivity contribution is 7.11. The minimum Gasteiger partial charge on any atom is -0.313 e. The minimum absolute atomic E-state index is 0.191. The number of benzene rings is 1. The minimum atomic E-state index is -0.192. The molecule has 0 aliphatic rings. The lowest BCUT2D eigenvalue weighted by Crippen LogP contribution is -2.19. The molecule has 22 heavy (non-hydrogen) atoms. The monoisotopic (exact) mass is 347 g/mol. The average Bonchev–Trinajstić information content (AvgIpc) is 3.10. The summed E-state index contributed by atoms with van der Waals surface area (Å²) in [4.78, 5) is 27.8. The standard InChI is InChI=1S/C16H10ClNO2S2/c17-11-4-1-3-10(7-11)13(19)9-15-18-16(20)14(22-15)8-12-5-2-6-21-12/h1-9H,(H,18,20)/b14-8+,15-9+. The smallest absolute Gasteiger partial charge is 0.266 e. The summed E-state index contributed by atoms with van der Waals surface area (Å²) in [6.45, 7) is 0. The van der Waals surface area contributed by atoms with Gasteiger partial charge in [-0.1, -0.05) is 29.8 Å². The molecule has 0 fully saturated rings. The molecular weight excluding hydrogens is 338 g/mol. The van der Waals surface area contributed by atoms with Gasteiger partial charge in [0.25, 0.3) is 5.56 Å². The molecule has 1 aromatic carbocycles. The first-order valence-electron chi connectivity index (χ1n) is 6.38. The quantitative estimate of drug-likeness (QED) is 0.740. The van der Waals surface area contributed by atoms with E-state index in [9.17, 15) is 9.59 Å². The van der Waals surface area contributed by atoms with Gasteiger partial charge in [-0.3, -0.25) is 9.59 Å². The van der Waals surface area contributed by atoms with Gasteiger partial charge in [0.2, 0.25) is 0 Å². The molecular formula is C16H10ClNO2S2. The predicted octanol–water partition coefficient (Wildman–Crippen LogP) is 2.64. The zero-order valence-electron chi connectivity index (χ0n) is 11.2. The van der Waals surface area contributed by atoms with Crippen molar-refractivity contribution in [2.45, 2.75) is 0 Å². The molecule has 0 aliphatic carbocycles. The van der Waals surface area contributed by atoms with E-state index in [-0.39, 0.29) is 11.3 Å². The van der Waals surface area contributed by atoms with Crippen LogP contribution in [0.5, 0.6) is 0 Å². The van der Waals surface area contributed by atoms with Gasteiger partial charge in [-0.05, 0) is 29.7 Å². The average molecular weight is 348 g/mol. The molecule has 0 amide bonds. The largest absolute Gasteiger partial charge is 0.313 e. The normalized spacial score (nSPS) is 12.8. The van der Waals surface area contributed by atoms with Gasteiger partial charge >= 0.3 is 0 Å². The lowest BCUT2D eigenvalue weighted by atomic mass is 10.1. The summed E-state index contributed by atoms with van der Waals surface area (Å²) in [5.74, 6) is -0.192. The summed E-state index contributed by atoms with van der Waals surface area (Å²) in [6.07, 6.45) is 3.23. The second-order valence-corrected chi connectivity index (χ2v) is 6.96.